The Morgan fingerprint density at radius 3 is 2.12 bits per heavy atom. The van der Waals surface area contributed by atoms with Crippen LogP contribution in [0.25, 0.3) is 0 Å². The normalized spacial score (nSPS) is 15.1. The lowest BCUT2D eigenvalue weighted by Gasteiger charge is -2.15. The van der Waals surface area contributed by atoms with E-state index in [-0.39, 0.29) is 6.10 Å². The van der Waals surface area contributed by atoms with E-state index >= 15 is 0 Å². The Morgan fingerprint density at radius 2 is 1.69 bits per heavy atom. The minimum atomic E-state index is -0.318. The first-order valence-electron chi connectivity index (χ1n) is 5.99. The second-order valence-corrected chi connectivity index (χ2v) is 6.01. The van der Waals surface area contributed by atoms with Crippen molar-refractivity contribution in [1.82, 2.24) is 0 Å². The van der Waals surface area contributed by atoms with Gasteiger partial charge in [-0.1, -0.05) is 39.8 Å². The van der Waals surface area contributed by atoms with Gasteiger partial charge in [0.1, 0.15) is 0 Å². The maximum atomic E-state index is 9.68. The first kappa shape index (κ1) is 13.6. The molecule has 0 radical (unpaired) electrons. The summed E-state index contributed by atoms with van der Waals surface area (Å²) in [5.74, 6) is 0.686. The molecule has 2 unspecified atom stereocenters. The zero-order chi connectivity index (χ0) is 12.1. The summed E-state index contributed by atoms with van der Waals surface area (Å²) in [5, 5.41) is 10.3. The van der Waals surface area contributed by atoms with Gasteiger partial charge in [0.15, 0.2) is 0 Å². The first-order chi connectivity index (χ1) is 7.54. The number of hydrogen-bond acceptors (Lipinski definition) is 2. The fraction of sp³-hybridized carbons (Fsp3) is 0.571. The summed E-state index contributed by atoms with van der Waals surface area (Å²) in [7, 11) is 0. The smallest absolute Gasteiger partial charge is 0.0787 e. The predicted molar refractivity (Wildman–Crippen MR) is 71.8 cm³/mol. The van der Waals surface area contributed by atoms with Crippen molar-refractivity contribution in [3.63, 3.8) is 0 Å². The zero-order valence-corrected chi connectivity index (χ0v) is 11.4. The maximum Gasteiger partial charge on any atom is 0.0787 e. The summed E-state index contributed by atoms with van der Waals surface area (Å²) in [6.45, 7) is 8.73. The van der Waals surface area contributed by atoms with Crippen LogP contribution in [0.5, 0.6) is 0 Å². The fourth-order valence-electron chi connectivity index (χ4n) is 1.35. The molecule has 0 aliphatic rings. The monoisotopic (exact) mass is 238 g/mol. The molecule has 1 aromatic rings. The van der Waals surface area contributed by atoms with Crippen molar-refractivity contribution >= 4 is 11.8 Å². The van der Waals surface area contributed by atoms with Gasteiger partial charge in [-0.05, 0) is 30.0 Å². The van der Waals surface area contributed by atoms with E-state index in [9.17, 15) is 5.11 Å². The minimum absolute atomic E-state index is 0.318. The molecule has 1 nitrogen and oxygen atoms in total. The molecular formula is C14H22OS. The SMILES string of the molecule is CCC(O)c1ccc(SC(C)C(C)C)cc1. The van der Waals surface area contributed by atoms with Crippen molar-refractivity contribution < 1.29 is 5.11 Å². The minimum Gasteiger partial charge on any atom is -0.388 e. The average molecular weight is 238 g/mol. The van der Waals surface area contributed by atoms with Gasteiger partial charge < -0.3 is 5.11 Å². The average Bonchev–Trinajstić information content (AvgIpc) is 2.28. The number of hydrogen-bond donors (Lipinski definition) is 1. The molecule has 1 N–H and O–H groups in total. The third kappa shape index (κ3) is 3.84. The number of aliphatic hydroxyl groups excluding tert-OH is 1. The Kier molecular flexibility index (Phi) is 5.36. The molecule has 0 aliphatic carbocycles. The van der Waals surface area contributed by atoms with E-state index in [4.69, 9.17) is 0 Å². The second kappa shape index (κ2) is 6.31. The third-order valence-electron chi connectivity index (χ3n) is 2.91. The lowest BCUT2D eigenvalue weighted by atomic mass is 10.1. The van der Waals surface area contributed by atoms with Gasteiger partial charge in [0.25, 0.3) is 0 Å². The van der Waals surface area contributed by atoms with E-state index in [0.717, 1.165) is 12.0 Å². The molecule has 0 aliphatic heterocycles. The predicted octanol–water partition coefficient (Wildman–Crippen LogP) is 4.27. The Morgan fingerprint density at radius 1 is 1.12 bits per heavy atom. The van der Waals surface area contributed by atoms with Gasteiger partial charge in [-0.15, -0.1) is 11.8 Å². The quantitative estimate of drug-likeness (QED) is 0.773. The molecular weight excluding hydrogens is 216 g/mol. The van der Waals surface area contributed by atoms with Crippen LogP contribution in [0.1, 0.15) is 45.8 Å². The lowest BCUT2D eigenvalue weighted by molar-refractivity contribution is 0.173. The van der Waals surface area contributed by atoms with E-state index < -0.39 is 0 Å². The van der Waals surface area contributed by atoms with Crippen molar-refractivity contribution in [1.29, 1.82) is 0 Å². The molecule has 0 aromatic heterocycles. The van der Waals surface area contributed by atoms with Crippen molar-refractivity contribution in [3.8, 4) is 0 Å². The van der Waals surface area contributed by atoms with Gasteiger partial charge >= 0.3 is 0 Å². The Hall–Kier alpha value is -0.470. The van der Waals surface area contributed by atoms with Crippen LogP contribution in [-0.4, -0.2) is 10.4 Å². The fourth-order valence-corrected chi connectivity index (χ4v) is 2.35. The number of rotatable bonds is 5. The summed E-state index contributed by atoms with van der Waals surface area (Å²) in [6, 6.07) is 8.28. The highest BCUT2D eigenvalue weighted by Gasteiger charge is 2.09. The van der Waals surface area contributed by atoms with Crippen LogP contribution in [0, 0.1) is 5.92 Å². The lowest BCUT2D eigenvalue weighted by Crippen LogP contribution is -2.05. The zero-order valence-electron chi connectivity index (χ0n) is 10.6. The summed E-state index contributed by atoms with van der Waals surface area (Å²) in [6.07, 6.45) is 0.455. The molecule has 2 heteroatoms. The van der Waals surface area contributed by atoms with Crippen LogP contribution in [0.2, 0.25) is 0 Å². The maximum absolute atomic E-state index is 9.68. The molecule has 0 bridgehead atoms. The van der Waals surface area contributed by atoms with E-state index in [0.29, 0.717) is 11.2 Å². The van der Waals surface area contributed by atoms with Crippen molar-refractivity contribution in [2.75, 3.05) is 0 Å². The van der Waals surface area contributed by atoms with E-state index in [1.54, 1.807) is 0 Å². The van der Waals surface area contributed by atoms with E-state index in [1.165, 1.54) is 4.90 Å². The van der Waals surface area contributed by atoms with E-state index in [1.807, 2.05) is 30.8 Å². The molecule has 1 rings (SSSR count). The Bertz CT molecular complexity index is 305. The molecule has 0 saturated heterocycles. The molecule has 90 valence electrons. The topological polar surface area (TPSA) is 20.2 Å². The highest BCUT2D eigenvalue weighted by atomic mass is 32.2. The Labute approximate surface area is 103 Å². The molecule has 0 saturated carbocycles. The molecule has 0 amide bonds. The van der Waals surface area contributed by atoms with Gasteiger partial charge in [0.05, 0.1) is 6.10 Å². The summed E-state index contributed by atoms with van der Waals surface area (Å²) >= 11 is 1.90. The van der Waals surface area contributed by atoms with Gasteiger partial charge in [0.2, 0.25) is 0 Å². The highest BCUT2D eigenvalue weighted by molar-refractivity contribution is 8.00. The van der Waals surface area contributed by atoms with Crippen LogP contribution < -0.4 is 0 Å². The van der Waals surface area contributed by atoms with Gasteiger partial charge in [-0.3, -0.25) is 0 Å². The highest BCUT2D eigenvalue weighted by Crippen LogP contribution is 2.28. The molecule has 0 spiro atoms. The van der Waals surface area contributed by atoms with Crippen LogP contribution >= 0.6 is 11.8 Å². The molecule has 1 aromatic carbocycles. The van der Waals surface area contributed by atoms with Crippen LogP contribution in [0.4, 0.5) is 0 Å². The molecule has 0 fully saturated rings. The summed E-state index contributed by atoms with van der Waals surface area (Å²) in [4.78, 5) is 1.29. The van der Waals surface area contributed by atoms with Crippen molar-refractivity contribution in [2.45, 2.75) is 50.4 Å². The van der Waals surface area contributed by atoms with Gasteiger partial charge in [-0.2, -0.15) is 0 Å². The standard InChI is InChI=1S/C14H22OS/c1-5-14(15)12-6-8-13(9-7-12)16-11(4)10(2)3/h6-11,14-15H,5H2,1-4H3. The number of aliphatic hydroxyl groups is 1. The van der Waals surface area contributed by atoms with Crippen molar-refractivity contribution in [2.24, 2.45) is 5.92 Å². The first-order valence-corrected chi connectivity index (χ1v) is 6.87. The Balaban J connectivity index is 2.64. The van der Waals surface area contributed by atoms with E-state index in [2.05, 4.69) is 32.9 Å². The second-order valence-electron chi connectivity index (χ2n) is 4.56. The summed E-state index contributed by atoms with van der Waals surface area (Å²) in [5.41, 5.74) is 1.02. The number of thioether (sulfide) groups is 1. The molecule has 0 heterocycles. The van der Waals surface area contributed by atoms with Crippen LogP contribution in [0.3, 0.4) is 0 Å². The molecule has 2 atom stereocenters. The van der Waals surface area contributed by atoms with Crippen molar-refractivity contribution in [3.05, 3.63) is 29.8 Å². The number of benzene rings is 1. The molecule has 16 heavy (non-hydrogen) atoms. The van der Waals surface area contributed by atoms with Crippen LogP contribution in [0.15, 0.2) is 29.2 Å². The largest absolute Gasteiger partial charge is 0.388 e. The third-order valence-corrected chi connectivity index (χ3v) is 4.37. The van der Waals surface area contributed by atoms with Gasteiger partial charge in [-0.25, -0.2) is 0 Å². The van der Waals surface area contributed by atoms with Crippen LogP contribution in [-0.2, 0) is 0 Å². The summed E-state index contributed by atoms with van der Waals surface area (Å²) < 4.78 is 0. The van der Waals surface area contributed by atoms with Gasteiger partial charge in [0, 0.05) is 10.1 Å².